The van der Waals surface area contributed by atoms with E-state index in [9.17, 15) is 4.79 Å². The van der Waals surface area contributed by atoms with Crippen molar-refractivity contribution >= 4 is 5.91 Å². The van der Waals surface area contributed by atoms with Gasteiger partial charge in [-0.2, -0.15) is 0 Å². The van der Waals surface area contributed by atoms with Crippen LogP contribution in [0.5, 0.6) is 0 Å². The summed E-state index contributed by atoms with van der Waals surface area (Å²) in [5.41, 5.74) is 0.341. The van der Waals surface area contributed by atoms with Gasteiger partial charge in [-0.25, -0.2) is 0 Å². The molecule has 1 fully saturated rings. The molecule has 100 valence electrons. The lowest BCUT2D eigenvalue weighted by molar-refractivity contribution is 0.0864. The highest BCUT2D eigenvalue weighted by molar-refractivity contribution is 5.92. The number of rotatable bonds is 8. The van der Waals surface area contributed by atoms with Gasteiger partial charge in [0, 0.05) is 25.1 Å². The first-order valence-corrected chi connectivity index (χ1v) is 6.24. The normalized spacial score (nSPS) is 14.7. The molecule has 1 aliphatic rings. The quantitative estimate of drug-likeness (QED) is 0.666. The molecule has 1 amide bonds. The summed E-state index contributed by atoms with van der Waals surface area (Å²) in [5, 5.41) is 15.0. The summed E-state index contributed by atoms with van der Waals surface area (Å²) in [4.78, 5) is 11.7. The van der Waals surface area contributed by atoms with Crippen molar-refractivity contribution in [2.75, 3.05) is 26.4 Å². The van der Waals surface area contributed by atoms with Gasteiger partial charge in [0.15, 0.2) is 5.69 Å². The van der Waals surface area contributed by atoms with Gasteiger partial charge in [0.05, 0.1) is 13.2 Å². The van der Waals surface area contributed by atoms with Crippen molar-refractivity contribution in [1.82, 2.24) is 10.5 Å². The highest BCUT2D eigenvalue weighted by atomic mass is 16.5. The van der Waals surface area contributed by atoms with Crippen LogP contribution in [0.25, 0.3) is 0 Å². The lowest BCUT2D eigenvalue weighted by Crippen LogP contribution is -2.25. The van der Waals surface area contributed by atoms with Gasteiger partial charge >= 0.3 is 0 Å². The van der Waals surface area contributed by atoms with Crippen LogP contribution in [-0.4, -0.2) is 42.5 Å². The minimum atomic E-state index is -0.215. The molecule has 0 atom stereocenters. The fraction of sp³-hybridized carbons (Fsp3) is 0.667. The lowest BCUT2D eigenvalue weighted by Gasteiger charge is -2.03. The van der Waals surface area contributed by atoms with Crippen molar-refractivity contribution in [1.29, 1.82) is 0 Å². The number of carbonyl (C=O) groups excluding carboxylic acids is 1. The number of nitrogens with zero attached hydrogens (tertiary/aromatic N) is 1. The molecule has 1 aliphatic carbocycles. The van der Waals surface area contributed by atoms with E-state index in [-0.39, 0.29) is 12.5 Å². The summed E-state index contributed by atoms with van der Waals surface area (Å²) in [6.45, 7) is 1.40. The summed E-state index contributed by atoms with van der Waals surface area (Å²) in [6, 6.07) is 1.72. The predicted octanol–water partition coefficient (Wildman–Crippen LogP) is 0.681. The minimum absolute atomic E-state index is 0.0231. The third-order valence-electron chi connectivity index (χ3n) is 2.73. The average molecular weight is 254 g/mol. The largest absolute Gasteiger partial charge is 0.394 e. The van der Waals surface area contributed by atoms with Gasteiger partial charge < -0.3 is 19.7 Å². The highest BCUT2D eigenvalue weighted by Gasteiger charge is 2.28. The Hall–Kier alpha value is -1.40. The number of amides is 1. The van der Waals surface area contributed by atoms with Crippen LogP contribution in [-0.2, 0) is 4.74 Å². The minimum Gasteiger partial charge on any atom is -0.394 e. The maximum atomic E-state index is 11.7. The number of aliphatic hydroxyl groups excluding tert-OH is 1. The predicted molar refractivity (Wildman–Crippen MR) is 63.3 cm³/mol. The van der Waals surface area contributed by atoms with Crippen LogP contribution in [0.4, 0.5) is 0 Å². The first-order chi connectivity index (χ1) is 8.81. The fourth-order valence-electron chi connectivity index (χ4n) is 1.59. The van der Waals surface area contributed by atoms with Gasteiger partial charge in [-0.3, -0.25) is 4.79 Å². The van der Waals surface area contributed by atoms with Crippen LogP contribution in [0.2, 0.25) is 0 Å². The van der Waals surface area contributed by atoms with E-state index in [0.717, 1.165) is 18.6 Å². The van der Waals surface area contributed by atoms with E-state index >= 15 is 0 Å². The van der Waals surface area contributed by atoms with Crippen LogP contribution < -0.4 is 5.32 Å². The molecule has 6 nitrogen and oxygen atoms in total. The molecule has 0 radical (unpaired) electrons. The van der Waals surface area contributed by atoms with Gasteiger partial charge in [0.2, 0.25) is 0 Å². The molecule has 2 rings (SSSR count). The Morgan fingerprint density at radius 1 is 1.56 bits per heavy atom. The van der Waals surface area contributed by atoms with E-state index in [1.165, 1.54) is 0 Å². The van der Waals surface area contributed by atoms with Crippen molar-refractivity contribution in [2.45, 2.75) is 25.2 Å². The van der Waals surface area contributed by atoms with Crippen molar-refractivity contribution in [3.63, 3.8) is 0 Å². The molecule has 1 aromatic heterocycles. The first kappa shape index (κ1) is 13.0. The summed E-state index contributed by atoms with van der Waals surface area (Å²) in [7, 11) is 0. The molecular formula is C12H18N2O4. The second-order valence-electron chi connectivity index (χ2n) is 4.33. The van der Waals surface area contributed by atoms with E-state index in [0.29, 0.717) is 37.8 Å². The van der Waals surface area contributed by atoms with E-state index in [1.54, 1.807) is 6.07 Å². The number of hydrogen-bond acceptors (Lipinski definition) is 5. The Balaban J connectivity index is 1.64. The topological polar surface area (TPSA) is 84.6 Å². The Morgan fingerprint density at radius 2 is 2.39 bits per heavy atom. The van der Waals surface area contributed by atoms with Crippen molar-refractivity contribution < 1.29 is 19.2 Å². The van der Waals surface area contributed by atoms with Crippen LogP contribution in [0.15, 0.2) is 10.6 Å². The smallest absolute Gasteiger partial charge is 0.273 e. The van der Waals surface area contributed by atoms with E-state index in [4.69, 9.17) is 14.4 Å². The second kappa shape index (κ2) is 6.51. The molecule has 0 saturated heterocycles. The molecule has 0 aliphatic heterocycles. The SMILES string of the molecule is O=C(NCCCOCCO)c1cc(C2CC2)on1. The zero-order chi connectivity index (χ0) is 12.8. The molecule has 2 N–H and O–H groups in total. The standard InChI is InChI=1S/C12H18N2O4/c15-5-7-17-6-1-4-13-12(16)10-8-11(18-14-10)9-2-3-9/h8-9,15H,1-7H2,(H,13,16). The Labute approximate surface area is 105 Å². The highest BCUT2D eigenvalue weighted by Crippen LogP contribution is 2.40. The van der Waals surface area contributed by atoms with Crippen molar-refractivity contribution in [3.8, 4) is 0 Å². The van der Waals surface area contributed by atoms with Crippen molar-refractivity contribution in [2.24, 2.45) is 0 Å². The zero-order valence-electron chi connectivity index (χ0n) is 10.2. The van der Waals surface area contributed by atoms with Gasteiger partial charge in [-0.05, 0) is 19.3 Å². The summed E-state index contributed by atoms with van der Waals surface area (Å²) >= 11 is 0. The number of carbonyl (C=O) groups is 1. The number of aromatic nitrogens is 1. The molecule has 18 heavy (non-hydrogen) atoms. The molecule has 1 aromatic rings. The third-order valence-corrected chi connectivity index (χ3v) is 2.73. The van der Waals surface area contributed by atoms with E-state index in [1.807, 2.05) is 0 Å². The monoisotopic (exact) mass is 254 g/mol. The third kappa shape index (κ3) is 3.82. The molecule has 0 bridgehead atoms. The average Bonchev–Trinajstić information content (AvgIpc) is 3.11. The molecule has 6 heteroatoms. The van der Waals surface area contributed by atoms with E-state index < -0.39 is 0 Å². The Kier molecular flexibility index (Phi) is 4.72. The lowest BCUT2D eigenvalue weighted by atomic mass is 10.3. The summed E-state index contributed by atoms with van der Waals surface area (Å²) in [5.74, 6) is 1.06. The summed E-state index contributed by atoms with van der Waals surface area (Å²) < 4.78 is 10.2. The van der Waals surface area contributed by atoms with Crippen LogP contribution in [0, 0.1) is 0 Å². The van der Waals surface area contributed by atoms with Gasteiger partial charge in [0.1, 0.15) is 5.76 Å². The number of nitrogens with one attached hydrogen (secondary N) is 1. The van der Waals surface area contributed by atoms with Crippen LogP contribution >= 0.6 is 0 Å². The second-order valence-corrected chi connectivity index (χ2v) is 4.33. The van der Waals surface area contributed by atoms with Gasteiger partial charge in [0.25, 0.3) is 5.91 Å². The Bertz CT molecular complexity index is 387. The van der Waals surface area contributed by atoms with E-state index in [2.05, 4.69) is 10.5 Å². The molecular weight excluding hydrogens is 236 g/mol. The molecule has 0 aromatic carbocycles. The first-order valence-electron chi connectivity index (χ1n) is 6.24. The maximum absolute atomic E-state index is 11.7. The Morgan fingerprint density at radius 3 is 3.11 bits per heavy atom. The molecule has 0 spiro atoms. The van der Waals surface area contributed by atoms with Crippen LogP contribution in [0.3, 0.4) is 0 Å². The fourth-order valence-corrected chi connectivity index (χ4v) is 1.59. The van der Waals surface area contributed by atoms with Gasteiger partial charge in [-0.1, -0.05) is 5.16 Å². The molecule has 0 unspecified atom stereocenters. The summed E-state index contributed by atoms with van der Waals surface area (Å²) in [6.07, 6.45) is 2.95. The molecule has 1 heterocycles. The van der Waals surface area contributed by atoms with Gasteiger partial charge in [-0.15, -0.1) is 0 Å². The number of aliphatic hydroxyl groups is 1. The zero-order valence-corrected chi connectivity index (χ0v) is 10.2. The maximum Gasteiger partial charge on any atom is 0.273 e. The van der Waals surface area contributed by atoms with Crippen LogP contribution in [0.1, 0.15) is 41.4 Å². The number of hydrogen-bond donors (Lipinski definition) is 2. The molecule has 1 saturated carbocycles. The van der Waals surface area contributed by atoms with Crippen molar-refractivity contribution in [3.05, 3.63) is 17.5 Å². The number of ether oxygens (including phenoxy) is 1.